The van der Waals surface area contributed by atoms with Crippen LogP contribution in [0.1, 0.15) is 0 Å². The van der Waals surface area contributed by atoms with Crippen LogP contribution in [0.4, 0.5) is 11.4 Å². The highest BCUT2D eigenvalue weighted by Crippen LogP contribution is 2.36. The Kier molecular flexibility index (Phi) is 9.38. The number of carbonyl (C=O) groups excluding carboxylic acids is 1. The van der Waals surface area contributed by atoms with Crippen LogP contribution < -0.4 is 23.8 Å². The fraction of sp³-hybridized carbons (Fsp3) is 0.296. The van der Waals surface area contributed by atoms with E-state index in [0.29, 0.717) is 5.75 Å². The molecule has 0 atom stereocenters. The number of rotatable bonds is 11. The van der Waals surface area contributed by atoms with Crippen molar-refractivity contribution in [2.45, 2.75) is 9.79 Å². The topological polar surface area (TPSA) is 141 Å². The standard InChI is InChI=1S/C27H31N3O9S2/c1-36-20-9-11-26(38-3)24(17-20)30(41(34,35)21-7-5-4-6-8-21)19-27(31)28-23-18-22(10-12-25(23)37-2)40(32,33)29-13-15-39-16-14-29/h4-12,17-18H,13-16,19H2,1-3H3,(H,28,31). The Morgan fingerprint density at radius 2 is 1.51 bits per heavy atom. The zero-order valence-corrected chi connectivity index (χ0v) is 24.4. The van der Waals surface area contributed by atoms with Gasteiger partial charge in [0, 0.05) is 19.2 Å². The summed E-state index contributed by atoms with van der Waals surface area (Å²) in [6.07, 6.45) is 0. The molecular weight excluding hydrogens is 574 g/mol. The van der Waals surface area contributed by atoms with Gasteiger partial charge in [0.1, 0.15) is 23.8 Å². The molecule has 220 valence electrons. The third-order valence-corrected chi connectivity index (χ3v) is 9.99. The molecule has 3 aromatic rings. The van der Waals surface area contributed by atoms with Crippen LogP contribution in [0.15, 0.2) is 76.5 Å². The van der Waals surface area contributed by atoms with E-state index in [1.807, 2.05) is 0 Å². The maximum absolute atomic E-state index is 13.8. The Labute approximate surface area is 239 Å². The van der Waals surface area contributed by atoms with Crippen molar-refractivity contribution in [1.82, 2.24) is 4.31 Å². The SMILES string of the molecule is COc1ccc(OC)c(N(CC(=O)Nc2cc(S(=O)(=O)N3CCOCC3)ccc2OC)S(=O)(=O)c2ccccc2)c1. The van der Waals surface area contributed by atoms with Gasteiger partial charge in [-0.1, -0.05) is 18.2 Å². The van der Waals surface area contributed by atoms with E-state index in [2.05, 4.69) is 5.32 Å². The lowest BCUT2D eigenvalue weighted by molar-refractivity contribution is -0.114. The molecule has 41 heavy (non-hydrogen) atoms. The normalized spacial score (nSPS) is 14.2. The van der Waals surface area contributed by atoms with Crippen LogP contribution in [0.3, 0.4) is 0 Å². The summed E-state index contributed by atoms with van der Waals surface area (Å²) in [5.41, 5.74) is 0.128. The van der Waals surface area contributed by atoms with E-state index in [1.54, 1.807) is 24.3 Å². The number of methoxy groups -OCH3 is 3. The molecule has 0 bridgehead atoms. The van der Waals surface area contributed by atoms with Crippen molar-refractivity contribution in [3.63, 3.8) is 0 Å². The van der Waals surface area contributed by atoms with Gasteiger partial charge in [-0.25, -0.2) is 16.8 Å². The largest absolute Gasteiger partial charge is 0.497 e. The summed E-state index contributed by atoms with van der Waals surface area (Å²) in [5.74, 6) is -0.0317. The molecule has 0 saturated carbocycles. The van der Waals surface area contributed by atoms with Crippen LogP contribution in [0.2, 0.25) is 0 Å². The molecule has 4 rings (SSSR count). The van der Waals surface area contributed by atoms with E-state index in [0.717, 1.165) is 4.31 Å². The highest BCUT2D eigenvalue weighted by Gasteiger charge is 2.31. The van der Waals surface area contributed by atoms with Crippen LogP contribution in [-0.4, -0.2) is 81.2 Å². The van der Waals surface area contributed by atoms with E-state index in [9.17, 15) is 21.6 Å². The molecule has 1 aliphatic heterocycles. The molecule has 1 amide bonds. The molecule has 0 spiro atoms. The van der Waals surface area contributed by atoms with Crippen LogP contribution >= 0.6 is 0 Å². The number of nitrogens with one attached hydrogen (secondary N) is 1. The minimum absolute atomic E-state index is 0.0474. The summed E-state index contributed by atoms with van der Waals surface area (Å²) < 4.78 is 77.5. The molecule has 0 radical (unpaired) electrons. The number of amides is 1. The number of carbonyl (C=O) groups is 1. The van der Waals surface area contributed by atoms with Gasteiger partial charge in [-0.15, -0.1) is 0 Å². The first-order valence-corrected chi connectivity index (χ1v) is 15.4. The van der Waals surface area contributed by atoms with E-state index < -0.39 is 32.5 Å². The summed E-state index contributed by atoms with van der Waals surface area (Å²) >= 11 is 0. The Morgan fingerprint density at radius 3 is 2.15 bits per heavy atom. The molecule has 1 saturated heterocycles. The maximum atomic E-state index is 13.8. The van der Waals surface area contributed by atoms with Gasteiger partial charge in [0.2, 0.25) is 15.9 Å². The average molecular weight is 606 g/mol. The van der Waals surface area contributed by atoms with E-state index in [4.69, 9.17) is 18.9 Å². The Morgan fingerprint density at radius 1 is 0.854 bits per heavy atom. The van der Waals surface area contributed by atoms with Crippen LogP contribution in [0.5, 0.6) is 17.2 Å². The molecular formula is C27H31N3O9S2. The summed E-state index contributed by atoms with van der Waals surface area (Å²) in [5, 5.41) is 2.62. The van der Waals surface area contributed by atoms with Gasteiger partial charge in [-0.05, 0) is 42.5 Å². The minimum atomic E-state index is -4.27. The van der Waals surface area contributed by atoms with Crippen LogP contribution in [0, 0.1) is 0 Å². The fourth-order valence-corrected chi connectivity index (χ4v) is 7.09. The number of morpholine rings is 1. The van der Waals surface area contributed by atoms with Crippen LogP contribution in [0.25, 0.3) is 0 Å². The second-order valence-electron chi connectivity index (χ2n) is 8.79. The number of anilines is 2. The highest BCUT2D eigenvalue weighted by atomic mass is 32.2. The van der Waals surface area contributed by atoms with Gasteiger partial charge in [-0.3, -0.25) is 9.10 Å². The Bertz CT molecular complexity index is 1590. The van der Waals surface area contributed by atoms with Gasteiger partial charge < -0.3 is 24.3 Å². The minimum Gasteiger partial charge on any atom is -0.497 e. The lowest BCUT2D eigenvalue weighted by Crippen LogP contribution is -2.40. The second kappa shape index (κ2) is 12.8. The molecule has 1 aliphatic rings. The smallest absolute Gasteiger partial charge is 0.264 e. The molecule has 0 unspecified atom stereocenters. The summed E-state index contributed by atoms with van der Waals surface area (Å²) in [6, 6.07) is 16.3. The molecule has 12 nitrogen and oxygen atoms in total. The maximum Gasteiger partial charge on any atom is 0.264 e. The number of hydrogen-bond donors (Lipinski definition) is 1. The van der Waals surface area contributed by atoms with Crippen molar-refractivity contribution in [3.8, 4) is 17.2 Å². The molecule has 0 aliphatic carbocycles. The van der Waals surface area contributed by atoms with Gasteiger partial charge >= 0.3 is 0 Å². The summed E-state index contributed by atoms with van der Waals surface area (Å²) in [7, 11) is -3.97. The van der Waals surface area contributed by atoms with E-state index in [-0.39, 0.29) is 59.0 Å². The van der Waals surface area contributed by atoms with Crippen molar-refractivity contribution >= 4 is 37.3 Å². The second-order valence-corrected chi connectivity index (χ2v) is 12.6. The van der Waals surface area contributed by atoms with Gasteiger partial charge in [0.15, 0.2) is 0 Å². The number of ether oxygens (including phenoxy) is 4. The number of hydrogen-bond acceptors (Lipinski definition) is 9. The number of sulfonamides is 2. The van der Waals surface area contributed by atoms with E-state index in [1.165, 1.54) is 68.1 Å². The quantitative estimate of drug-likeness (QED) is 0.349. The third-order valence-electron chi connectivity index (χ3n) is 6.33. The predicted octanol–water partition coefficient (Wildman–Crippen LogP) is 2.57. The fourth-order valence-electron chi connectivity index (χ4n) is 4.21. The average Bonchev–Trinajstić information content (AvgIpc) is 3.00. The van der Waals surface area contributed by atoms with Gasteiger partial charge in [0.05, 0.1) is 55.7 Å². The van der Waals surface area contributed by atoms with Crippen molar-refractivity contribution in [3.05, 3.63) is 66.7 Å². The van der Waals surface area contributed by atoms with Crippen molar-refractivity contribution in [2.75, 3.05) is 63.8 Å². The zero-order chi connectivity index (χ0) is 29.6. The number of benzene rings is 3. The first-order valence-electron chi connectivity index (χ1n) is 12.5. The Balaban J connectivity index is 1.71. The Hall–Kier alpha value is -3.85. The number of nitrogens with zero attached hydrogens (tertiary/aromatic N) is 2. The molecule has 1 N–H and O–H groups in total. The monoisotopic (exact) mass is 605 g/mol. The molecule has 14 heteroatoms. The van der Waals surface area contributed by atoms with Crippen molar-refractivity contribution in [2.24, 2.45) is 0 Å². The van der Waals surface area contributed by atoms with Gasteiger partial charge in [0.25, 0.3) is 10.0 Å². The predicted molar refractivity (Wildman–Crippen MR) is 152 cm³/mol. The molecule has 0 aromatic heterocycles. The molecule has 3 aromatic carbocycles. The van der Waals surface area contributed by atoms with Crippen molar-refractivity contribution < 1.29 is 40.6 Å². The van der Waals surface area contributed by atoms with Gasteiger partial charge in [-0.2, -0.15) is 4.31 Å². The first kappa shape index (κ1) is 30.1. The third kappa shape index (κ3) is 6.56. The lowest BCUT2D eigenvalue weighted by atomic mass is 10.2. The summed E-state index contributed by atoms with van der Waals surface area (Å²) in [6.45, 7) is 0.274. The lowest BCUT2D eigenvalue weighted by Gasteiger charge is -2.27. The molecule has 1 heterocycles. The first-order chi connectivity index (χ1) is 19.6. The zero-order valence-electron chi connectivity index (χ0n) is 22.8. The van der Waals surface area contributed by atoms with Crippen molar-refractivity contribution in [1.29, 1.82) is 0 Å². The summed E-state index contributed by atoms with van der Waals surface area (Å²) in [4.78, 5) is 13.3. The van der Waals surface area contributed by atoms with Crippen LogP contribution in [-0.2, 0) is 29.6 Å². The molecule has 1 fully saturated rings. The highest BCUT2D eigenvalue weighted by molar-refractivity contribution is 7.93. The van der Waals surface area contributed by atoms with E-state index >= 15 is 0 Å².